The zero-order valence-corrected chi connectivity index (χ0v) is 19.1. The molecule has 166 valence electrons. The Morgan fingerprint density at radius 2 is 1.72 bits per heavy atom. The van der Waals surface area contributed by atoms with Gasteiger partial charge in [0.1, 0.15) is 5.03 Å². The van der Waals surface area contributed by atoms with E-state index in [0.717, 1.165) is 15.6 Å². The Hall–Kier alpha value is -3.72. The molecule has 1 N–H and O–H groups in total. The number of anilines is 3. The Morgan fingerprint density at radius 3 is 2.28 bits per heavy atom. The third-order valence-electron chi connectivity index (χ3n) is 4.50. The molecule has 0 fully saturated rings. The molecule has 8 nitrogen and oxygen atoms in total. The summed E-state index contributed by atoms with van der Waals surface area (Å²) in [5, 5.41) is 3.93. The van der Waals surface area contributed by atoms with E-state index in [2.05, 4.69) is 21.9 Å². The van der Waals surface area contributed by atoms with Gasteiger partial charge in [-0.05, 0) is 36.4 Å². The number of ether oxygens (including phenoxy) is 3. The van der Waals surface area contributed by atoms with Crippen molar-refractivity contribution in [3.8, 4) is 17.2 Å². The highest BCUT2D eigenvalue weighted by molar-refractivity contribution is 7.99. The highest BCUT2D eigenvalue weighted by Crippen LogP contribution is 2.40. The first-order valence-electron chi connectivity index (χ1n) is 9.57. The van der Waals surface area contributed by atoms with Crippen LogP contribution in [0.4, 0.5) is 17.3 Å². The number of hydrogen-bond donors (Lipinski definition) is 1. The number of nitrogens with one attached hydrogen (secondary N) is 1. The van der Waals surface area contributed by atoms with Gasteiger partial charge in [0.2, 0.25) is 17.6 Å². The van der Waals surface area contributed by atoms with Gasteiger partial charge in [0.25, 0.3) is 0 Å². The number of carbonyl (C=O) groups excluding carboxylic acids is 1. The lowest BCUT2D eigenvalue weighted by Crippen LogP contribution is -2.23. The molecule has 0 spiro atoms. The molecule has 0 aliphatic rings. The van der Waals surface area contributed by atoms with Gasteiger partial charge in [-0.25, -0.2) is 9.97 Å². The van der Waals surface area contributed by atoms with Crippen molar-refractivity contribution in [2.24, 2.45) is 0 Å². The first-order chi connectivity index (χ1) is 15.5. The van der Waals surface area contributed by atoms with Gasteiger partial charge in [-0.2, -0.15) is 0 Å². The summed E-state index contributed by atoms with van der Waals surface area (Å²) in [4.78, 5) is 23.1. The van der Waals surface area contributed by atoms with E-state index in [9.17, 15) is 4.79 Å². The molecule has 1 amide bonds. The maximum Gasteiger partial charge on any atom is 0.250 e. The summed E-state index contributed by atoms with van der Waals surface area (Å²) >= 11 is 1.48. The summed E-state index contributed by atoms with van der Waals surface area (Å²) in [7, 11) is 6.38. The monoisotopic (exact) mass is 452 g/mol. The fourth-order valence-corrected chi connectivity index (χ4v) is 3.64. The molecule has 1 aromatic heterocycles. The summed E-state index contributed by atoms with van der Waals surface area (Å²) < 4.78 is 16.1. The molecule has 32 heavy (non-hydrogen) atoms. The maximum atomic E-state index is 11.7. The molecule has 0 aliphatic heterocycles. The second-order valence-corrected chi connectivity index (χ2v) is 7.55. The molecule has 1 heterocycles. The molecule has 0 aliphatic carbocycles. The largest absolute Gasteiger partial charge is 0.493 e. The fraction of sp³-hybridized carbons (Fsp3) is 0.174. The lowest BCUT2D eigenvalue weighted by molar-refractivity contribution is -0.113. The standard InChI is InChI=1S/C23H24N4O4S/c1-6-21(28)27(2)16-7-9-17(10-8-16)32-20-11-12-24-23(26-20)25-15-13-18(29-3)22(31-5)19(14-15)30-4/h6-14H,1H2,2-5H3,(H,24,25,26). The number of rotatable bonds is 9. The van der Waals surface area contributed by atoms with Crippen molar-refractivity contribution in [3.05, 3.63) is 61.3 Å². The molecule has 0 atom stereocenters. The quantitative estimate of drug-likeness (QED) is 0.374. The predicted molar refractivity (Wildman–Crippen MR) is 126 cm³/mol. The average Bonchev–Trinajstić information content (AvgIpc) is 2.83. The number of aromatic nitrogens is 2. The summed E-state index contributed by atoms with van der Waals surface area (Å²) in [6.07, 6.45) is 2.96. The van der Waals surface area contributed by atoms with Crippen LogP contribution >= 0.6 is 11.8 Å². The van der Waals surface area contributed by atoms with Crippen LogP contribution in [0, 0.1) is 0 Å². The molecular weight excluding hydrogens is 428 g/mol. The van der Waals surface area contributed by atoms with Crippen LogP contribution in [0.2, 0.25) is 0 Å². The van der Waals surface area contributed by atoms with Crippen molar-refractivity contribution in [3.63, 3.8) is 0 Å². The van der Waals surface area contributed by atoms with E-state index in [4.69, 9.17) is 14.2 Å². The first kappa shape index (κ1) is 23.0. The van der Waals surface area contributed by atoms with E-state index in [0.29, 0.717) is 28.9 Å². The Labute approximate surface area is 191 Å². The topological polar surface area (TPSA) is 85.8 Å². The second-order valence-electron chi connectivity index (χ2n) is 6.45. The number of likely N-dealkylation sites (N-methyl/N-ethyl adjacent to an activating group) is 1. The number of benzene rings is 2. The molecule has 3 rings (SSSR count). The second kappa shape index (κ2) is 10.5. The Bertz CT molecular complexity index is 1080. The molecule has 0 radical (unpaired) electrons. The lowest BCUT2D eigenvalue weighted by atomic mass is 10.2. The lowest BCUT2D eigenvalue weighted by Gasteiger charge is -2.15. The van der Waals surface area contributed by atoms with E-state index in [1.54, 1.807) is 46.7 Å². The van der Waals surface area contributed by atoms with Crippen molar-refractivity contribution in [2.75, 3.05) is 38.6 Å². The Morgan fingerprint density at radius 1 is 1.06 bits per heavy atom. The van der Waals surface area contributed by atoms with Gasteiger partial charge in [-0.3, -0.25) is 4.79 Å². The van der Waals surface area contributed by atoms with E-state index in [1.165, 1.54) is 22.7 Å². The molecule has 0 bridgehead atoms. The van der Waals surface area contributed by atoms with E-state index >= 15 is 0 Å². The fourth-order valence-electron chi connectivity index (χ4n) is 2.86. The van der Waals surface area contributed by atoms with Crippen LogP contribution in [0.15, 0.2) is 71.2 Å². The molecule has 9 heteroatoms. The number of carbonyl (C=O) groups is 1. The molecule has 0 unspecified atom stereocenters. The molecule has 0 saturated carbocycles. The van der Waals surface area contributed by atoms with Gasteiger partial charge in [0.05, 0.1) is 21.3 Å². The third-order valence-corrected chi connectivity index (χ3v) is 5.45. The van der Waals surface area contributed by atoms with Crippen molar-refractivity contribution in [1.29, 1.82) is 0 Å². The number of amides is 1. The van der Waals surface area contributed by atoms with Crippen molar-refractivity contribution >= 4 is 35.0 Å². The van der Waals surface area contributed by atoms with Gasteiger partial charge >= 0.3 is 0 Å². The maximum absolute atomic E-state index is 11.7. The zero-order valence-electron chi connectivity index (χ0n) is 18.3. The van der Waals surface area contributed by atoms with Crippen LogP contribution in [0.5, 0.6) is 17.2 Å². The van der Waals surface area contributed by atoms with Gasteiger partial charge in [-0.15, -0.1) is 0 Å². The van der Waals surface area contributed by atoms with Crippen LogP contribution < -0.4 is 24.4 Å². The molecular formula is C23H24N4O4S. The van der Waals surface area contributed by atoms with Gasteiger partial charge in [-0.1, -0.05) is 18.3 Å². The van der Waals surface area contributed by atoms with Crippen LogP contribution in [-0.2, 0) is 4.79 Å². The average molecular weight is 453 g/mol. The SMILES string of the molecule is C=CC(=O)N(C)c1ccc(Sc2ccnc(Nc3cc(OC)c(OC)c(OC)c3)n2)cc1. The number of methoxy groups -OCH3 is 3. The van der Waals surface area contributed by atoms with Gasteiger partial charge in [0, 0.05) is 41.6 Å². The summed E-state index contributed by atoms with van der Waals surface area (Å²) in [5.74, 6) is 1.83. The molecule has 3 aromatic rings. The third kappa shape index (κ3) is 5.30. The summed E-state index contributed by atoms with van der Waals surface area (Å²) in [6.45, 7) is 3.51. The molecule has 0 saturated heterocycles. The number of nitrogens with zero attached hydrogens (tertiary/aromatic N) is 3. The Balaban J connectivity index is 1.76. The normalized spacial score (nSPS) is 10.2. The number of hydrogen-bond acceptors (Lipinski definition) is 8. The smallest absolute Gasteiger partial charge is 0.250 e. The minimum absolute atomic E-state index is 0.163. The van der Waals surface area contributed by atoms with Gasteiger partial charge < -0.3 is 24.4 Å². The van der Waals surface area contributed by atoms with E-state index in [-0.39, 0.29) is 5.91 Å². The van der Waals surface area contributed by atoms with Crippen LogP contribution in [0.1, 0.15) is 0 Å². The summed E-state index contributed by atoms with van der Waals surface area (Å²) in [5.41, 5.74) is 1.48. The minimum atomic E-state index is -0.163. The van der Waals surface area contributed by atoms with E-state index < -0.39 is 0 Å². The predicted octanol–water partition coefficient (Wildman–Crippen LogP) is 4.55. The van der Waals surface area contributed by atoms with Crippen molar-refractivity contribution in [1.82, 2.24) is 9.97 Å². The van der Waals surface area contributed by atoms with Crippen LogP contribution in [0.25, 0.3) is 0 Å². The Kier molecular flexibility index (Phi) is 7.56. The summed E-state index contributed by atoms with van der Waals surface area (Å²) in [6, 6.07) is 13.0. The highest BCUT2D eigenvalue weighted by Gasteiger charge is 2.14. The minimum Gasteiger partial charge on any atom is -0.493 e. The van der Waals surface area contributed by atoms with Crippen LogP contribution in [0.3, 0.4) is 0 Å². The van der Waals surface area contributed by atoms with Crippen molar-refractivity contribution in [2.45, 2.75) is 9.92 Å². The van der Waals surface area contributed by atoms with Crippen molar-refractivity contribution < 1.29 is 19.0 Å². The molecule has 2 aromatic carbocycles. The van der Waals surface area contributed by atoms with Crippen LogP contribution in [-0.4, -0.2) is 44.3 Å². The zero-order chi connectivity index (χ0) is 23.1. The van der Waals surface area contributed by atoms with E-state index in [1.807, 2.05) is 30.3 Å². The van der Waals surface area contributed by atoms with Gasteiger partial charge in [0.15, 0.2) is 11.5 Å². The highest BCUT2D eigenvalue weighted by atomic mass is 32.2. The first-order valence-corrected chi connectivity index (χ1v) is 10.4.